The van der Waals surface area contributed by atoms with Crippen molar-refractivity contribution in [1.29, 1.82) is 0 Å². The van der Waals surface area contributed by atoms with Crippen molar-refractivity contribution in [2.75, 3.05) is 38.9 Å². The molecule has 0 bridgehead atoms. The van der Waals surface area contributed by atoms with E-state index in [1.807, 2.05) is 25.1 Å². The highest BCUT2D eigenvalue weighted by Crippen LogP contribution is 2.29. The highest BCUT2D eigenvalue weighted by Gasteiger charge is 2.15. The Morgan fingerprint density at radius 1 is 1.23 bits per heavy atom. The number of hydrogen-bond donors (Lipinski definition) is 2. The molecule has 0 unspecified atom stereocenters. The van der Waals surface area contributed by atoms with Crippen molar-refractivity contribution in [2.24, 2.45) is 4.99 Å². The van der Waals surface area contributed by atoms with Crippen LogP contribution < -0.4 is 20.1 Å². The second-order valence-corrected chi connectivity index (χ2v) is 6.87. The minimum atomic E-state index is 0.111. The van der Waals surface area contributed by atoms with Crippen LogP contribution in [0.15, 0.2) is 23.2 Å². The topological polar surface area (TPSA) is 54.9 Å². The van der Waals surface area contributed by atoms with Crippen LogP contribution in [0, 0.1) is 0 Å². The monoisotopic (exact) mass is 325 g/mol. The van der Waals surface area contributed by atoms with Gasteiger partial charge in [0, 0.05) is 23.0 Å². The number of benzene rings is 1. The number of rotatable bonds is 7. The zero-order valence-electron chi connectivity index (χ0n) is 14.3. The van der Waals surface area contributed by atoms with E-state index in [1.54, 1.807) is 26.0 Å². The minimum absolute atomic E-state index is 0.111. The molecule has 0 atom stereocenters. The van der Waals surface area contributed by atoms with Gasteiger partial charge >= 0.3 is 0 Å². The maximum absolute atomic E-state index is 5.32. The van der Waals surface area contributed by atoms with Gasteiger partial charge in [-0.1, -0.05) is 0 Å². The number of anilines is 1. The third kappa shape index (κ3) is 5.67. The van der Waals surface area contributed by atoms with Gasteiger partial charge in [-0.05, 0) is 39.2 Å². The van der Waals surface area contributed by atoms with Crippen LogP contribution in [-0.4, -0.2) is 44.3 Å². The number of aliphatic imine (C=N–C) groups is 1. The molecule has 6 heteroatoms. The van der Waals surface area contributed by atoms with E-state index in [1.165, 1.54) is 0 Å². The minimum Gasteiger partial charge on any atom is -0.493 e. The van der Waals surface area contributed by atoms with Crippen LogP contribution in [0.4, 0.5) is 5.69 Å². The van der Waals surface area contributed by atoms with Gasteiger partial charge in [0.1, 0.15) is 0 Å². The Morgan fingerprint density at radius 3 is 2.45 bits per heavy atom. The van der Waals surface area contributed by atoms with Crippen LogP contribution in [0.25, 0.3) is 0 Å². The summed E-state index contributed by atoms with van der Waals surface area (Å²) in [5, 5.41) is 6.55. The van der Waals surface area contributed by atoms with Gasteiger partial charge < -0.3 is 20.1 Å². The molecule has 0 amide bonds. The van der Waals surface area contributed by atoms with E-state index in [2.05, 4.69) is 35.7 Å². The summed E-state index contributed by atoms with van der Waals surface area (Å²) in [6.45, 7) is 7.95. The van der Waals surface area contributed by atoms with Crippen LogP contribution >= 0.6 is 11.8 Å². The smallest absolute Gasteiger partial charge is 0.195 e. The average Bonchev–Trinajstić information content (AvgIpc) is 2.52. The molecule has 0 aliphatic carbocycles. The number of methoxy groups -OCH3 is 2. The molecule has 1 rings (SSSR count). The van der Waals surface area contributed by atoms with E-state index in [-0.39, 0.29) is 4.75 Å². The number of nitrogens with one attached hydrogen (secondary N) is 2. The van der Waals surface area contributed by atoms with E-state index in [0.29, 0.717) is 11.5 Å². The van der Waals surface area contributed by atoms with Crippen LogP contribution in [0.1, 0.15) is 20.8 Å². The predicted molar refractivity (Wildman–Crippen MR) is 96.7 cm³/mol. The fourth-order valence-electron chi connectivity index (χ4n) is 1.69. The lowest BCUT2D eigenvalue weighted by atomic mass is 10.2. The molecule has 0 aliphatic heterocycles. The second-order valence-electron chi connectivity index (χ2n) is 5.35. The van der Waals surface area contributed by atoms with Gasteiger partial charge in [0.25, 0.3) is 0 Å². The van der Waals surface area contributed by atoms with Crippen LogP contribution in [0.3, 0.4) is 0 Å². The van der Waals surface area contributed by atoms with Crippen molar-refractivity contribution in [3.8, 4) is 11.5 Å². The van der Waals surface area contributed by atoms with Gasteiger partial charge in [0.2, 0.25) is 0 Å². The van der Waals surface area contributed by atoms with E-state index in [9.17, 15) is 0 Å². The van der Waals surface area contributed by atoms with Crippen molar-refractivity contribution >= 4 is 23.4 Å². The van der Waals surface area contributed by atoms with Gasteiger partial charge in [-0.15, -0.1) is 0 Å². The zero-order valence-corrected chi connectivity index (χ0v) is 15.1. The fraction of sp³-hybridized carbons (Fsp3) is 0.562. The van der Waals surface area contributed by atoms with Gasteiger partial charge in [-0.3, -0.25) is 4.99 Å². The molecule has 2 N–H and O–H groups in total. The molecule has 0 fully saturated rings. The highest BCUT2D eigenvalue weighted by molar-refractivity contribution is 7.99. The quantitative estimate of drug-likeness (QED) is 0.595. The molecule has 0 aromatic heterocycles. The maximum Gasteiger partial charge on any atom is 0.195 e. The first-order valence-electron chi connectivity index (χ1n) is 7.28. The molecule has 0 aliphatic rings. The molecule has 1 aromatic carbocycles. The van der Waals surface area contributed by atoms with Crippen molar-refractivity contribution in [3.63, 3.8) is 0 Å². The van der Waals surface area contributed by atoms with Crippen molar-refractivity contribution in [3.05, 3.63) is 18.2 Å². The summed E-state index contributed by atoms with van der Waals surface area (Å²) in [5.74, 6) is 2.16. The largest absolute Gasteiger partial charge is 0.493 e. The third-order valence-electron chi connectivity index (χ3n) is 3.16. The van der Waals surface area contributed by atoms with E-state index in [0.717, 1.165) is 24.7 Å². The normalized spacial score (nSPS) is 12.0. The zero-order chi connectivity index (χ0) is 16.6. The Hall–Kier alpha value is -1.56. The summed E-state index contributed by atoms with van der Waals surface area (Å²) in [6, 6.07) is 5.70. The molecular formula is C16H27N3O2S. The molecular weight excluding hydrogens is 298 g/mol. The first-order valence-corrected chi connectivity index (χ1v) is 8.50. The summed E-state index contributed by atoms with van der Waals surface area (Å²) >= 11 is 1.81. The number of ether oxygens (including phenoxy) is 2. The summed E-state index contributed by atoms with van der Waals surface area (Å²) < 4.78 is 10.7. The Morgan fingerprint density at radius 2 is 1.91 bits per heavy atom. The summed E-state index contributed by atoms with van der Waals surface area (Å²) in [6.07, 6.45) is 2.10. The van der Waals surface area contributed by atoms with Crippen molar-refractivity contribution in [2.45, 2.75) is 25.5 Å². The lowest BCUT2D eigenvalue weighted by Gasteiger charge is -2.20. The number of thioether (sulfide) groups is 1. The lowest BCUT2D eigenvalue weighted by Crippen LogP contribution is -2.32. The standard InChI is InChI=1S/C16H27N3O2S/c1-7-17-15(18-11-16(2,3)22-6)19-12-8-9-13(20-4)14(10-12)21-5/h8-10H,7,11H2,1-6H3,(H2,17,18,19). The number of nitrogens with zero attached hydrogens (tertiary/aromatic N) is 1. The molecule has 0 saturated carbocycles. The summed E-state index contributed by atoms with van der Waals surface area (Å²) in [4.78, 5) is 4.65. The lowest BCUT2D eigenvalue weighted by molar-refractivity contribution is 0.355. The Balaban J connectivity index is 2.89. The van der Waals surface area contributed by atoms with Crippen molar-refractivity contribution in [1.82, 2.24) is 5.32 Å². The fourth-order valence-corrected chi connectivity index (χ4v) is 1.89. The van der Waals surface area contributed by atoms with Crippen LogP contribution in [-0.2, 0) is 0 Å². The molecule has 0 radical (unpaired) electrons. The molecule has 0 spiro atoms. The van der Waals surface area contributed by atoms with Crippen LogP contribution in [0.5, 0.6) is 11.5 Å². The first kappa shape index (κ1) is 18.5. The van der Waals surface area contributed by atoms with E-state index in [4.69, 9.17) is 9.47 Å². The average molecular weight is 325 g/mol. The Kier molecular flexibility index (Phi) is 7.38. The Bertz CT molecular complexity index is 504. The Labute approximate surface area is 137 Å². The van der Waals surface area contributed by atoms with Crippen LogP contribution in [0.2, 0.25) is 0 Å². The van der Waals surface area contributed by atoms with Gasteiger partial charge in [0.15, 0.2) is 17.5 Å². The van der Waals surface area contributed by atoms with E-state index < -0.39 is 0 Å². The van der Waals surface area contributed by atoms with Gasteiger partial charge in [-0.25, -0.2) is 0 Å². The number of guanidine groups is 1. The van der Waals surface area contributed by atoms with Gasteiger partial charge in [-0.2, -0.15) is 11.8 Å². The summed E-state index contributed by atoms with van der Waals surface area (Å²) in [7, 11) is 3.25. The second kappa shape index (κ2) is 8.78. The van der Waals surface area contributed by atoms with Crippen molar-refractivity contribution < 1.29 is 9.47 Å². The highest BCUT2D eigenvalue weighted by atomic mass is 32.2. The van der Waals surface area contributed by atoms with Gasteiger partial charge in [0.05, 0.1) is 20.8 Å². The molecule has 1 aromatic rings. The third-order valence-corrected chi connectivity index (χ3v) is 4.40. The predicted octanol–water partition coefficient (Wildman–Crippen LogP) is 3.22. The molecule has 0 heterocycles. The maximum atomic E-state index is 5.32. The summed E-state index contributed by atoms with van der Waals surface area (Å²) in [5.41, 5.74) is 0.902. The number of hydrogen-bond acceptors (Lipinski definition) is 4. The molecule has 0 saturated heterocycles. The molecule has 124 valence electrons. The SMILES string of the molecule is CCNC(=NCC(C)(C)SC)Nc1ccc(OC)c(OC)c1. The first-order chi connectivity index (χ1) is 10.5. The molecule has 22 heavy (non-hydrogen) atoms. The van der Waals surface area contributed by atoms with E-state index >= 15 is 0 Å². The molecule has 5 nitrogen and oxygen atoms in total.